The molecule has 3 atom stereocenters. The van der Waals surface area contributed by atoms with Gasteiger partial charge in [0.2, 0.25) is 0 Å². The number of methoxy groups -OCH3 is 1. The highest BCUT2D eigenvalue weighted by atomic mass is 16.5. The summed E-state index contributed by atoms with van der Waals surface area (Å²) in [6, 6.07) is 0. The van der Waals surface area contributed by atoms with E-state index < -0.39 is 12.2 Å². The molecular weight excluding hydrogens is 200 g/mol. The molecule has 4 N–H and O–H groups in total. The minimum absolute atomic E-state index is 0.144. The maximum atomic E-state index is 9.20. The highest BCUT2D eigenvalue weighted by Crippen LogP contribution is 2.08. The molecule has 0 aliphatic carbocycles. The predicted molar refractivity (Wildman–Crippen MR) is 57.5 cm³/mol. The van der Waals surface area contributed by atoms with E-state index in [-0.39, 0.29) is 25.6 Å². The lowest BCUT2D eigenvalue weighted by atomic mass is 9.99. The van der Waals surface area contributed by atoms with Gasteiger partial charge in [-0.15, -0.1) is 0 Å². The van der Waals surface area contributed by atoms with Gasteiger partial charge in [-0.2, -0.15) is 0 Å². The molecule has 0 aliphatic rings. The molecule has 0 aromatic carbocycles. The van der Waals surface area contributed by atoms with Crippen molar-refractivity contribution in [2.45, 2.75) is 32.5 Å². The Hall–Kier alpha value is -0.200. The van der Waals surface area contributed by atoms with Crippen molar-refractivity contribution >= 4 is 0 Å². The molecule has 0 aliphatic heterocycles. The second-order valence-electron chi connectivity index (χ2n) is 3.31. The highest BCUT2D eigenvalue weighted by Gasteiger charge is 2.21. The quantitative estimate of drug-likeness (QED) is 0.482. The van der Waals surface area contributed by atoms with E-state index in [1.807, 2.05) is 6.92 Å². The normalized spacial score (nSPS) is 16.2. The lowest BCUT2D eigenvalue weighted by Crippen LogP contribution is -2.34. The Morgan fingerprint density at radius 1 is 1.20 bits per heavy atom. The summed E-state index contributed by atoms with van der Waals surface area (Å²) in [5, 5.41) is 35.3. The van der Waals surface area contributed by atoms with Gasteiger partial charge in [0.05, 0.1) is 12.2 Å². The molecule has 0 heterocycles. The van der Waals surface area contributed by atoms with Crippen LogP contribution in [0.2, 0.25) is 0 Å². The molecule has 0 aromatic rings. The predicted octanol–water partition coefficient (Wildman–Crippen LogP) is -0.628. The Balaban J connectivity index is 0. The second kappa shape index (κ2) is 11.9. The lowest BCUT2D eigenvalue weighted by molar-refractivity contribution is -0.0358. The molecular formula is C10H24O5. The summed E-state index contributed by atoms with van der Waals surface area (Å²) in [6.45, 7) is 4.09. The van der Waals surface area contributed by atoms with Gasteiger partial charge >= 0.3 is 0 Å². The van der Waals surface area contributed by atoms with Crippen molar-refractivity contribution in [3.05, 3.63) is 0 Å². The summed E-state index contributed by atoms with van der Waals surface area (Å²) in [5.41, 5.74) is 0. The molecule has 0 aromatic heterocycles. The van der Waals surface area contributed by atoms with Crippen molar-refractivity contribution < 1.29 is 25.2 Å². The lowest BCUT2D eigenvalue weighted by Gasteiger charge is -2.21. The van der Waals surface area contributed by atoms with E-state index in [1.54, 1.807) is 14.0 Å². The minimum atomic E-state index is -0.952. The molecule has 5 heteroatoms. The van der Waals surface area contributed by atoms with Crippen molar-refractivity contribution in [2.24, 2.45) is 5.92 Å². The summed E-state index contributed by atoms with van der Waals surface area (Å²) >= 11 is 0. The van der Waals surface area contributed by atoms with Crippen molar-refractivity contribution in [1.82, 2.24) is 0 Å². The standard InChI is InChI=1S/C7H16O4.C3H8O/c1-5(4-9)7(11)6(10)2-3-8;1-3-4-2/h5-11H,2-4H2,1H3;3H2,1-2H3. The molecule has 0 fully saturated rings. The van der Waals surface area contributed by atoms with Gasteiger partial charge in [0.25, 0.3) is 0 Å². The average Bonchev–Trinajstić information content (AvgIpc) is 2.27. The van der Waals surface area contributed by atoms with E-state index in [0.29, 0.717) is 0 Å². The molecule has 0 spiro atoms. The molecule has 0 radical (unpaired) electrons. The van der Waals surface area contributed by atoms with Gasteiger partial charge < -0.3 is 25.2 Å². The van der Waals surface area contributed by atoms with Crippen molar-refractivity contribution in [1.29, 1.82) is 0 Å². The van der Waals surface area contributed by atoms with Gasteiger partial charge in [0, 0.05) is 32.8 Å². The zero-order valence-electron chi connectivity index (χ0n) is 9.76. The van der Waals surface area contributed by atoms with Gasteiger partial charge in [0.15, 0.2) is 0 Å². The largest absolute Gasteiger partial charge is 0.396 e. The van der Waals surface area contributed by atoms with E-state index >= 15 is 0 Å². The topological polar surface area (TPSA) is 90.2 Å². The third-order valence-corrected chi connectivity index (χ3v) is 1.98. The van der Waals surface area contributed by atoms with Gasteiger partial charge in [-0.05, 0) is 13.3 Å². The third-order valence-electron chi connectivity index (χ3n) is 1.98. The third kappa shape index (κ3) is 10.1. The second-order valence-corrected chi connectivity index (χ2v) is 3.31. The number of aliphatic hydroxyl groups excluding tert-OH is 4. The van der Waals surface area contributed by atoms with Crippen molar-refractivity contribution in [3.8, 4) is 0 Å². The zero-order chi connectivity index (χ0) is 12.3. The SMILES string of the molecule is CC(CO)C(O)C(O)CCO.CCOC. The highest BCUT2D eigenvalue weighted by molar-refractivity contribution is 4.71. The molecule has 0 saturated heterocycles. The first kappa shape index (κ1) is 17.2. The van der Waals surface area contributed by atoms with Crippen LogP contribution in [0.15, 0.2) is 0 Å². The molecule has 94 valence electrons. The van der Waals surface area contributed by atoms with Crippen LogP contribution in [-0.4, -0.2) is 59.6 Å². The van der Waals surface area contributed by atoms with Crippen LogP contribution >= 0.6 is 0 Å². The van der Waals surface area contributed by atoms with Crippen LogP contribution in [0.1, 0.15) is 20.3 Å². The molecule has 0 bridgehead atoms. The van der Waals surface area contributed by atoms with Crippen LogP contribution in [0, 0.1) is 5.92 Å². The Morgan fingerprint density at radius 3 is 1.93 bits per heavy atom. The first-order chi connectivity index (χ1) is 7.04. The molecule has 0 rings (SSSR count). The summed E-state index contributed by atoms with van der Waals surface area (Å²) in [7, 11) is 1.68. The maximum absolute atomic E-state index is 9.20. The molecule has 0 saturated carbocycles. The Bertz CT molecular complexity index is 118. The van der Waals surface area contributed by atoms with Gasteiger partial charge in [-0.1, -0.05) is 6.92 Å². The fourth-order valence-corrected chi connectivity index (χ4v) is 0.790. The smallest absolute Gasteiger partial charge is 0.0847 e. The van der Waals surface area contributed by atoms with Gasteiger partial charge in [0.1, 0.15) is 0 Å². The summed E-state index contributed by atoms with van der Waals surface area (Å²) in [4.78, 5) is 0. The monoisotopic (exact) mass is 224 g/mol. The van der Waals surface area contributed by atoms with Crippen LogP contribution in [-0.2, 0) is 4.74 Å². The molecule has 3 unspecified atom stereocenters. The maximum Gasteiger partial charge on any atom is 0.0847 e. The van der Waals surface area contributed by atoms with Crippen LogP contribution in [0.3, 0.4) is 0 Å². The van der Waals surface area contributed by atoms with E-state index in [9.17, 15) is 5.11 Å². The summed E-state index contributed by atoms with van der Waals surface area (Å²) in [6.07, 6.45) is -1.75. The fraction of sp³-hybridized carbons (Fsp3) is 1.00. The van der Waals surface area contributed by atoms with E-state index in [1.165, 1.54) is 0 Å². The Morgan fingerprint density at radius 2 is 1.67 bits per heavy atom. The number of rotatable bonds is 6. The Labute approximate surface area is 91.3 Å². The summed E-state index contributed by atoms with van der Waals surface area (Å²) < 4.78 is 4.54. The van der Waals surface area contributed by atoms with Crippen LogP contribution in [0.5, 0.6) is 0 Å². The zero-order valence-corrected chi connectivity index (χ0v) is 9.76. The number of aliphatic hydroxyl groups is 4. The number of hydrogen-bond acceptors (Lipinski definition) is 5. The molecule has 15 heavy (non-hydrogen) atoms. The Kier molecular flexibility index (Phi) is 13.6. The number of hydrogen-bond donors (Lipinski definition) is 4. The van der Waals surface area contributed by atoms with Gasteiger partial charge in [-0.3, -0.25) is 0 Å². The van der Waals surface area contributed by atoms with Crippen LogP contribution in [0.25, 0.3) is 0 Å². The van der Waals surface area contributed by atoms with Crippen molar-refractivity contribution in [2.75, 3.05) is 26.9 Å². The van der Waals surface area contributed by atoms with Crippen LogP contribution < -0.4 is 0 Å². The average molecular weight is 224 g/mol. The number of ether oxygens (including phenoxy) is 1. The summed E-state index contributed by atoms with van der Waals surface area (Å²) in [5.74, 6) is -0.350. The van der Waals surface area contributed by atoms with Crippen LogP contribution in [0.4, 0.5) is 0 Å². The molecule has 0 amide bonds. The fourth-order valence-electron chi connectivity index (χ4n) is 0.790. The molecule has 5 nitrogen and oxygen atoms in total. The van der Waals surface area contributed by atoms with Gasteiger partial charge in [-0.25, -0.2) is 0 Å². The van der Waals surface area contributed by atoms with E-state index in [0.717, 1.165) is 6.61 Å². The first-order valence-corrected chi connectivity index (χ1v) is 5.11. The first-order valence-electron chi connectivity index (χ1n) is 5.11. The van der Waals surface area contributed by atoms with E-state index in [4.69, 9.17) is 15.3 Å². The minimum Gasteiger partial charge on any atom is -0.396 e. The van der Waals surface area contributed by atoms with Crippen molar-refractivity contribution in [3.63, 3.8) is 0 Å². The van der Waals surface area contributed by atoms with E-state index in [2.05, 4.69) is 4.74 Å².